The van der Waals surface area contributed by atoms with Crippen molar-refractivity contribution in [1.29, 1.82) is 0 Å². The molecule has 10 heteroatoms. The lowest BCUT2D eigenvalue weighted by molar-refractivity contribution is -0.385. The molecular weight excluding hydrogens is 424 g/mol. The predicted molar refractivity (Wildman–Crippen MR) is 114 cm³/mol. The summed E-state index contributed by atoms with van der Waals surface area (Å²) in [5.41, 5.74) is 1.61. The summed E-state index contributed by atoms with van der Waals surface area (Å²) in [6.07, 6.45) is 3.59. The largest absolute Gasteiger partial charge is 0.462 e. The molecule has 0 bridgehead atoms. The van der Waals surface area contributed by atoms with Crippen molar-refractivity contribution in [3.8, 4) is 0 Å². The van der Waals surface area contributed by atoms with Crippen molar-refractivity contribution in [3.63, 3.8) is 0 Å². The van der Waals surface area contributed by atoms with Crippen molar-refractivity contribution in [3.05, 3.63) is 55.4 Å². The predicted octanol–water partition coefficient (Wildman–Crippen LogP) is 3.82. The van der Waals surface area contributed by atoms with Gasteiger partial charge in [0.15, 0.2) is 6.61 Å². The van der Waals surface area contributed by atoms with E-state index in [1.54, 1.807) is 6.92 Å². The third-order valence-corrected chi connectivity index (χ3v) is 6.07. The van der Waals surface area contributed by atoms with Crippen molar-refractivity contribution < 1.29 is 28.8 Å². The van der Waals surface area contributed by atoms with Crippen LogP contribution in [-0.4, -0.2) is 36.0 Å². The molecule has 9 nitrogen and oxygen atoms in total. The zero-order valence-corrected chi connectivity index (χ0v) is 18.0. The standard InChI is InChI=1S/C21H22N2O7S/c1-3-29-21(26)18-14-6-4-5-7-16(14)31-19(18)22-17(24)11-30-20(25)13-8-9-15(23(27)28)12(2)10-13/h8-10H,3-7,11H2,1-2H3,(H,22,24). The normalized spacial score (nSPS) is 12.6. The first kappa shape index (κ1) is 22.4. The monoisotopic (exact) mass is 446 g/mol. The van der Waals surface area contributed by atoms with Gasteiger partial charge in [0, 0.05) is 16.5 Å². The molecule has 0 fully saturated rings. The number of rotatable bonds is 7. The van der Waals surface area contributed by atoms with Crippen molar-refractivity contribution in [2.45, 2.75) is 39.5 Å². The minimum absolute atomic E-state index is 0.106. The molecule has 1 aliphatic rings. The number of hydrogen-bond donors (Lipinski definition) is 1. The highest BCUT2D eigenvalue weighted by Gasteiger charge is 2.27. The van der Waals surface area contributed by atoms with E-state index in [0.29, 0.717) is 16.1 Å². The van der Waals surface area contributed by atoms with E-state index >= 15 is 0 Å². The molecule has 0 spiro atoms. The molecule has 2 aromatic rings. The Balaban J connectivity index is 1.68. The van der Waals surface area contributed by atoms with Crippen LogP contribution in [0.25, 0.3) is 0 Å². The number of nitrogens with zero attached hydrogens (tertiary/aromatic N) is 1. The number of thiophene rings is 1. The molecule has 3 rings (SSSR count). The van der Waals surface area contributed by atoms with Gasteiger partial charge in [-0.15, -0.1) is 11.3 Å². The van der Waals surface area contributed by atoms with Crippen LogP contribution in [0.1, 0.15) is 56.5 Å². The summed E-state index contributed by atoms with van der Waals surface area (Å²) >= 11 is 1.34. The topological polar surface area (TPSA) is 125 Å². The van der Waals surface area contributed by atoms with E-state index in [0.717, 1.165) is 36.1 Å². The van der Waals surface area contributed by atoms with Gasteiger partial charge >= 0.3 is 11.9 Å². The Labute approximate surface area is 182 Å². The summed E-state index contributed by atoms with van der Waals surface area (Å²) in [6.45, 7) is 2.90. The average molecular weight is 446 g/mol. The summed E-state index contributed by atoms with van der Waals surface area (Å²) in [5, 5.41) is 13.9. The van der Waals surface area contributed by atoms with Crippen LogP contribution in [0.2, 0.25) is 0 Å². The summed E-state index contributed by atoms with van der Waals surface area (Å²) in [5.74, 6) is -1.84. The molecular formula is C21H22N2O7S. The number of aryl methyl sites for hydroxylation is 2. The SMILES string of the molecule is CCOC(=O)c1c(NC(=O)COC(=O)c2ccc([N+](=O)[O-])c(C)c2)sc2c1CCCC2. The Morgan fingerprint density at radius 1 is 1.16 bits per heavy atom. The lowest BCUT2D eigenvalue weighted by Crippen LogP contribution is -2.22. The average Bonchev–Trinajstić information content (AvgIpc) is 3.09. The molecule has 0 saturated heterocycles. The van der Waals surface area contributed by atoms with Gasteiger partial charge in [-0.3, -0.25) is 14.9 Å². The van der Waals surface area contributed by atoms with Gasteiger partial charge in [0.2, 0.25) is 0 Å². The van der Waals surface area contributed by atoms with Crippen LogP contribution in [0, 0.1) is 17.0 Å². The first-order valence-corrected chi connectivity index (χ1v) is 10.7. The van der Waals surface area contributed by atoms with Crippen molar-refractivity contribution in [1.82, 2.24) is 0 Å². The summed E-state index contributed by atoms with van der Waals surface area (Å²) in [4.78, 5) is 48.4. The zero-order chi connectivity index (χ0) is 22.5. The molecule has 0 saturated carbocycles. The van der Waals surface area contributed by atoms with Gasteiger partial charge in [0.25, 0.3) is 11.6 Å². The number of fused-ring (bicyclic) bond motifs is 1. The number of nitrogens with one attached hydrogen (secondary N) is 1. The lowest BCUT2D eigenvalue weighted by atomic mass is 9.95. The number of carbonyl (C=O) groups excluding carboxylic acids is 3. The maximum Gasteiger partial charge on any atom is 0.341 e. The van der Waals surface area contributed by atoms with Crippen LogP contribution < -0.4 is 5.32 Å². The van der Waals surface area contributed by atoms with E-state index in [4.69, 9.17) is 9.47 Å². The van der Waals surface area contributed by atoms with Gasteiger partial charge in [-0.2, -0.15) is 0 Å². The zero-order valence-electron chi connectivity index (χ0n) is 17.2. The van der Waals surface area contributed by atoms with Crippen molar-refractivity contribution >= 4 is 39.9 Å². The molecule has 31 heavy (non-hydrogen) atoms. The third-order valence-electron chi connectivity index (χ3n) is 4.87. The molecule has 0 unspecified atom stereocenters. The maximum absolute atomic E-state index is 12.4. The number of amides is 1. The molecule has 1 N–H and O–H groups in total. The van der Waals surface area contributed by atoms with E-state index in [9.17, 15) is 24.5 Å². The molecule has 0 aliphatic heterocycles. The van der Waals surface area contributed by atoms with Crippen LogP contribution in [0.3, 0.4) is 0 Å². The lowest BCUT2D eigenvalue weighted by Gasteiger charge is -2.12. The molecule has 0 radical (unpaired) electrons. The smallest absolute Gasteiger partial charge is 0.341 e. The van der Waals surface area contributed by atoms with E-state index in [-0.39, 0.29) is 17.9 Å². The highest BCUT2D eigenvalue weighted by Crippen LogP contribution is 2.38. The molecule has 1 aromatic heterocycles. The molecule has 1 heterocycles. The van der Waals surface area contributed by atoms with Crippen molar-refractivity contribution in [2.75, 3.05) is 18.5 Å². The molecule has 164 valence electrons. The highest BCUT2D eigenvalue weighted by molar-refractivity contribution is 7.17. The van der Waals surface area contributed by atoms with E-state index in [2.05, 4.69) is 5.32 Å². The quantitative estimate of drug-likeness (QED) is 0.389. The first-order chi connectivity index (χ1) is 14.8. The number of hydrogen-bond acceptors (Lipinski definition) is 8. The second-order valence-corrected chi connectivity index (χ2v) is 8.12. The van der Waals surface area contributed by atoms with Crippen LogP contribution in [0.5, 0.6) is 0 Å². The van der Waals surface area contributed by atoms with Gasteiger partial charge < -0.3 is 14.8 Å². The van der Waals surface area contributed by atoms with Crippen LogP contribution in [0.4, 0.5) is 10.7 Å². The Morgan fingerprint density at radius 2 is 1.90 bits per heavy atom. The minimum atomic E-state index is -0.774. The van der Waals surface area contributed by atoms with Gasteiger partial charge in [-0.05, 0) is 57.2 Å². The van der Waals surface area contributed by atoms with Crippen LogP contribution in [0.15, 0.2) is 18.2 Å². The fraction of sp³-hybridized carbons (Fsp3) is 0.381. The third kappa shape index (κ3) is 5.08. The second kappa shape index (κ2) is 9.69. The highest BCUT2D eigenvalue weighted by atomic mass is 32.1. The number of nitro groups is 1. The summed E-state index contributed by atoms with van der Waals surface area (Å²) in [6, 6.07) is 3.83. The van der Waals surface area contributed by atoms with Gasteiger partial charge in [-0.25, -0.2) is 9.59 Å². The Morgan fingerprint density at radius 3 is 2.58 bits per heavy atom. The Kier molecular flexibility index (Phi) is 7.01. The second-order valence-electron chi connectivity index (χ2n) is 7.02. The number of benzene rings is 1. The van der Waals surface area contributed by atoms with Gasteiger partial charge in [-0.1, -0.05) is 0 Å². The Bertz CT molecular complexity index is 1040. The molecule has 1 aromatic carbocycles. The summed E-state index contributed by atoms with van der Waals surface area (Å²) < 4.78 is 10.2. The number of ether oxygens (including phenoxy) is 2. The minimum Gasteiger partial charge on any atom is -0.462 e. The van der Waals surface area contributed by atoms with E-state index in [1.807, 2.05) is 0 Å². The Hall–Kier alpha value is -3.27. The number of nitro benzene ring substituents is 1. The summed E-state index contributed by atoms with van der Waals surface area (Å²) in [7, 11) is 0. The van der Waals surface area contributed by atoms with E-state index < -0.39 is 29.4 Å². The van der Waals surface area contributed by atoms with Gasteiger partial charge in [0.05, 0.1) is 22.7 Å². The van der Waals surface area contributed by atoms with Crippen LogP contribution in [-0.2, 0) is 27.1 Å². The molecule has 1 amide bonds. The maximum atomic E-state index is 12.4. The molecule has 0 atom stereocenters. The first-order valence-electron chi connectivity index (χ1n) is 9.85. The van der Waals surface area contributed by atoms with Gasteiger partial charge in [0.1, 0.15) is 5.00 Å². The fourth-order valence-electron chi connectivity index (χ4n) is 3.44. The number of esters is 2. The fourth-order valence-corrected chi connectivity index (χ4v) is 4.73. The number of anilines is 1. The number of carbonyl (C=O) groups is 3. The van der Waals surface area contributed by atoms with Crippen molar-refractivity contribution in [2.24, 2.45) is 0 Å². The van der Waals surface area contributed by atoms with E-state index in [1.165, 1.54) is 36.5 Å². The van der Waals surface area contributed by atoms with Crippen LogP contribution >= 0.6 is 11.3 Å². The molecule has 1 aliphatic carbocycles.